The van der Waals surface area contributed by atoms with E-state index in [1.807, 2.05) is 0 Å². The zero-order valence-corrected chi connectivity index (χ0v) is 11.2. The second kappa shape index (κ2) is 5.87. The van der Waals surface area contributed by atoms with Crippen molar-refractivity contribution >= 4 is 11.4 Å². The summed E-state index contributed by atoms with van der Waals surface area (Å²) in [7, 11) is 3.19. The number of nitrogens with two attached hydrogens (primary N) is 1. The van der Waals surface area contributed by atoms with E-state index < -0.39 is 0 Å². The molecule has 0 unspecified atom stereocenters. The lowest BCUT2D eigenvalue weighted by molar-refractivity contribution is 0.171. The molecular weight excluding hydrogens is 258 g/mol. The Morgan fingerprint density at radius 2 is 2.00 bits per heavy atom. The van der Waals surface area contributed by atoms with E-state index in [1.54, 1.807) is 44.5 Å². The molecule has 1 heterocycles. The number of hydrogen-bond acceptors (Lipinski definition) is 6. The molecule has 1 aliphatic carbocycles. The molecule has 3 N–H and O–H groups in total. The van der Waals surface area contributed by atoms with Crippen LogP contribution >= 0.6 is 0 Å². The van der Waals surface area contributed by atoms with E-state index in [0.29, 0.717) is 22.9 Å². The molecule has 1 aliphatic rings. The van der Waals surface area contributed by atoms with Crippen molar-refractivity contribution in [1.29, 1.82) is 0 Å². The van der Waals surface area contributed by atoms with Gasteiger partial charge in [-0.1, -0.05) is 6.07 Å². The smallest absolute Gasteiger partial charge is 0.189 e. The van der Waals surface area contributed by atoms with Gasteiger partial charge in [-0.15, -0.1) is 10.2 Å². The molecule has 0 fully saturated rings. The van der Waals surface area contributed by atoms with Crippen LogP contribution in [0, 0.1) is 0 Å². The summed E-state index contributed by atoms with van der Waals surface area (Å²) >= 11 is 0. The van der Waals surface area contributed by atoms with E-state index in [9.17, 15) is 5.21 Å². The Labute approximate surface area is 115 Å². The Kier molecular flexibility index (Phi) is 3.99. The van der Waals surface area contributed by atoms with Gasteiger partial charge in [-0.25, -0.2) is 0 Å². The van der Waals surface area contributed by atoms with E-state index >= 15 is 0 Å². The predicted molar refractivity (Wildman–Crippen MR) is 75.3 cm³/mol. The summed E-state index contributed by atoms with van der Waals surface area (Å²) in [6.07, 6.45) is 4.76. The first kappa shape index (κ1) is 13.6. The zero-order valence-electron chi connectivity index (χ0n) is 11.2. The van der Waals surface area contributed by atoms with Gasteiger partial charge in [0.25, 0.3) is 0 Å². The first-order valence-electron chi connectivity index (χ1n) is 5.84. The van der Waals surface area contributed by atoms with Crippen molar-refractivity contribution in [2.24, 2.45) is 20.9 Å². The van der Waals surface area contributed by atoms with E-state index in [4.69, 9.17) is 10.5 Å². The third-order valence-electron chi connectivity index (χ3n) is 2.65. The molecule has 2 rings (SSSR count). The lowest BCUT2D eigenvalue weighted by Gasteiger charge is -2.12. The van der Waals surface area contributed by atoms with Crippen LogP contribution in [0.2, 0.25) is 0 Å². The highest BCUT2D eigenvalue weighted by molar-refractivity contribution is 6.22. The van der Waals surface area contributed by atoms with Crippen molar-refractivity contribution in [3.8, 4) is 0 Å². The Bertz CT molecular complexity index is 695. The maximum Gasteiger partial charge on any atom is 0.189 e. The highest BCUT2D eigenvalue weighted by Gasteiger charge is 2.15. The number of aliphatic imine (C=N–C) groups is 1. The molecule has 0 saturated heterocycles. The van der Waals surface area contributed by atoms with Crippen molar-refractivity contribution in [1.82, 2.24) is 4.73 Å². The molecule has 0 saturated carbocycles. The minimum atomic E-state index is 0.287. The van der Waals surface area contributed by atoms with E-state index in [0.717, 1.165) is 4.73 Å². The fourth-order valence-electron chi connectivity index (χ4n) is 1.61. The fraction of sp³-hybridized carbons (Fsp3) is 0.154. The highest BCUT2D eigenvalue weighted by Crippen LogP contribution is 2.11. The highest BCUT2D eigenvalue weighted by atomic mass is 16.5. The summed E-state index contributed by atoms with van der Waals surface area (Å²) in [5.41, 5.74) is 7.68. The number of nitrogens with zero attached hydrogens (tertiary/aromatic N) is 4. The van der Waals surface area contributed by atoms with Crippen LogP contribution in [0.1, 0.15) is 0 Å². The second-order valence-electron chi connectivity index (χ2n) is 3.91. The first-order valence-corrected chi connectivity index (χ1v) is 5.84. The average Bonchev–Trinajstić information content (AvgIpc) is 2.47. The van der Waals surface area contributed by atoms with Crippen molar-refractivity contribution in [3.63, 3.8) is 0 Å². The molecule has 0 radical (unpaired) electrons. The Morgan fingerprint density at radius 1 is 1.20 bits per heavy atom. The largest absolute Gasteiger partial charge is 0.494 e. The topological polar surface area (TPSA) is 97.5 Å². The van der Waals surface area contributed by atoms with Gasteiger partial charge in [-0.05, 0) is 18.2 Å². The number of aromatic nitrogens is 1. The summed E-state index contributed by atoms with van der Waals surface area (Å²) in [5.74, 6) is 0.556. The molecule has 0 atom stereocenters. The molecule has 0 aliphatic heterocycles. The van der Waals surface area contributed by atoms with Crippen LogP contribution in [0.25, 0.3) is 0 Å². The molecule has 0 aromatic carbocycles. The Morgan fingerprint density at radius 3 is 2.65 bits per heavy atom. The van der Waals surface area contributed by atoms with Gasteiger partial charge in [0.15, 0.2) is 5.49 Å². The van der Waals surface area contributed by atoms with Crippen LogP contribution in [-0.4, -0.2) is 35.5 Å². The van der Waals surface area contributed by atoms with Gasteiger partial charge in [0, 0.05) is 19.3 Å². The van der Waals surface area contributed by atoms with Crippen LogP contribution in [0.5, 0.6) is 0 Å². The van der Waals surface area contributed by atoms with Gasteiger partial charge >= 0.3 is 0 Å². The molecule has 20 heavy (non-hydrogen) atoms. The van der Waals surface area contributed by atoms with E-state index in [-0.39, 0.29) is 5.49 Å². The normalized spacial score (nSPS) is 20.0. The molecule has 0 amide bonds. The molecule has 7 heteroatoms. The molecule has 0 bridgehead atoms. The number of methoxy groups -OCH3 is 1. The van der Waals surface area contributed by atoms with Crippen LogP contribution in [-0.2, 0) is 4.74 Å². The number of ether oxygens (including phenoxy) is 1. The fourth-order valence-corrected chi connectivity index (χ4v) is 1.61. The summed E-state index contributed by atoms with van der Waals surface area (Å²) in [6.45, 7) is 0. The Hall–Kier alpha value is -2.83. The minimum Gasteiger partial charge on any atom is -0.494 e. The van der Waals surface area contributed by atoms with Crippen molar-refractivity contribution in [2.75, 3.05) is 14.2 Å². The minimum absolute atomic E-state index is 0.287. The lowest BCUT2D eigenvalue weighted by Crippen LogP contribution is -2.21. The third kappa shape index (κ3) is 2.77. The van der Waals surface area contributed by atoms with E-state index in [2.05, 4.69) is 15.2 Å². The van der Waals surface area contributed by atoms with Crippen LogP contribution in [0.4, 0.5) is 0 Å². The van der Waals surface area contributed by atoms with Gasteiger partial charge in [-0.2, -0.15) is 4.73 Å². The summed E-state index contributed by atoms with van der Waals surface area (Å²) in [6, 6.07) is 5.03. The van der Waals surface area contributed by atoms with Gasteiger partial charge in [0.1, 0.15) is 17.2 Å². The predicted octanol–water partition coefficient (Wildman–Crippen LogP) is 0.439. The molecule has 1 aromatic heterocycles. The summed E-state index contributed by atoms with van der Waals surface area (Å²) < 4.78 is 6.07. The van der Waals surface area contributed by atoms with Gasteiger partial charge < -0.3 is 15.7 Å². The molecule has 7 nitrogen and oxygen atoms in total. The monoisotopic (exact) mass is 273 g/mol. The summed E-state index contributed by atoms with van der Waals surface area (Å²) in [4.78, 5) is 4.05. The lowest BCUT2D eigenvalue weighted by atomic mass is 10.1. The maximum absolute atomic E-state index is 9.53. The first-order chi connectivity index (χ1) is 9.65. The van der Waals surface area contributed by atoms with E-state index in [1.165, 1.54) is 6.20 Å². The third-order valence-corrected chi connectivity index (χ3v) is 2.65. The van der Waals surface area contributed by atoms with Gasteiger partial charge in [0.05, 0.1) is 12.8 Å². The van der Waals surface area contributed by atoms with Crippen molar-refractivity contribution in [2.45, 2.75) is 0 Å². The average molecular weight is 273 g/mol. The number of allylic oxidation sites excluding steroid dienone is 2. The SMILES string of the molecule is CN=C1C=C(N)C(=NN=c2ccccn2O)C=C1OC. The standard InChI is InChI=1S/C13H15N5O2/c1-15-11-7-9(14)10(8-12(11)20-2)16-17-13-5-3-4-6-18(13)19/h3-8,19H,14H2,1-2H3. The van der Waals surface area contributed by atoms with Crippen molar-refractivity contribution < 1.29 is 9.94 Å². The Balaban J connectivity index is 2.43. The molecular formula is C13H15N5O2. The maximum atomic E-state index is 9.53. The zero-order chi connectivity index (χ0) is 14.5. The summed E-state index contributed by atoms with van der Waals surface area (Å²) in [5, 5.41) is 17.5. The van der Waals surface area contributed by atoms with Crippen LogP contribution in [0.15, 0.2) is 63.2 Å². The number of hydrogen-bond donors (Lipinski definition) is 2. The van der Waals surface area contributed by atoms with Crippen LogP contribution in [0.3, 0.4) is 0 Å². The van der Waals surface area contributed by atoms with Crippen molar-refractivity contribution in [3.05, 3.63) is 53.5 Å². The van der Waals surface area contributed by atoms with Crippen LogP contribution < -0.4 is 11.2 Å². The molecule has 104 valence electrons. The molecule has 1 aromatic rings. The number of pyridine rings is 1. The number of rotatable bonds is 2. The van der Waals surface area contributed by atoms with Gasteiger partial charge in [0.2, 0.25) is 0 Å². The second-order valence-corrected chi connectivity index (χ2v) is 3.91. The van der Waals surface area contributed by atoms with Gasteiger partial charge in [-0.3, -0.25) is 4.99 Å². The molecule has 0 spiro atoms. The quantitative estimate of drug-likeness (QED) is 0.464.